The number of thiophene rings is 1. The minimum Gasteiger partial charge on any atom is -0.478 e. The number of nitrogens with zero attached hydrogens (tertiary/aromatic N) is 1. The molecule has 2 rings (SSSR count). The summed E-state index contributed by atoms with van der Waals surface area (Å²) in [6.45, 7) is 2.62. The summed E-state index contributed by atoms with van der Waals surface area (Å²) in [7, 11) is 2.00. The molecule has 0 unspecified atom stereocenters. The standard InChI is InChI=1S/C14H14BrNO2S/c1-9-5-11(3-4-12(9)14(17)18)16(2)7-10-6-13(15)19-8-10/h3-6,8H,7H2,1-2H3,(H,17,18). The smallest absolute Gasteiger partial charge is 0.335 e. The number of halogens is 1. The molecule has 0 saturated heterocycles. The lowest BCUT2D eigenvalue weighted by molar-refractivity contribution is 0.0696. The van der Waals surface area contributed by atoms with Crippen LogP contribution < -0.4 is 4.90 Å². The first-order chi connectivity index (χ1) is 8.97. The van der Waals surface area contributed by atoms with Gasteiger partial charge in [-0.15, -0.1) is 11.3 Å². The van der Waals surface area contributed by atoms with E-state index in [-0.39, 0.29) is 0 Å². The minimum atomic E-state index is -0.881. The lowest BCUT2D eigenvalue weighted by Gasteiger charge is -2.19. The zero-order chi connectivity index (χ0) is 14.0. The summed E-state index contributed by atoms with van der Waals surface area (Å²) in [5.41, 5.74) is 3.39. The Morgan fingerprint density at radius 3 is 2.68 bits per heavy atom. The first-order valence-corrected chi connectivity index (χ1v) is 7.42. The van der Waals surface area contributed by atoms with Crippen molar-refractivity contribution in [1.82, 2.24) is 0 Å². The van der Waals surface area contributed by atoms with E-state index in [1.54, 1.807) is 17.4 Å². The molecule has 5 heteroatoms. The van der Waals surface area contributed by atoms with Crippen molar-refractivity contribution in [2.24, 2.45) is 0 Å². The van der Waals surface area contributed by atoms with Crippen molar-refractivity contribution < 1.29 is 9.90 Å². The van der Waals surface area contributed by atoms with Gasteiger partial charge in [0.2, 0.25) is 0 Å². The molecule has 0 radical (unpaired) electrons. The number of benzene rings is 1. The van der Waals surface area contributed by atoms with Gasteiger partial charge in [-0.05, 0) is 63.6 Å². The zero-order valence-corrected chi connectivity index (χ0v) is 13.1. The second-order valence-electron chi connectivity index (χ2n) is 4.42. The minimum absolute atomic E-state index is 0.357. The molecule has 1 heterocycles. The van der Waals surface area contributed by atoms with Crippen molar-refractivity contribution in [3.63, 3.8) is 0 Å². The van der Waals surface area contributed by atoms with Crippen LogP contribution in [-0.2, 0) is 6.54 Å². The molecular weight excluding hydrogens is 326 g/mol. The second kappa shape index (κ2) is 5.75. The lowest BCUT2D eigenvalue weighted by atomic mass is 10.1. The number of carboxylic acids is 1. The summed E-state index contributed by atoms with van der Waals surface area (Å²) < 4.78 is 1.12. The van der Waals surface area contributed by atoms with E-state index in [1.165, 1.54) is 5.56 Å². The fraction of sp³-hybridized carbons (Fsp3) is 0.214. The van der Waals surface area contributed by atoms with E-state index >= 15 is 0 Å². The van der Waals surface area contributed by atoms with Gasteiger partial charge in [0.05, 0.1) is 9.35 Å². The Hall–Kier alpha value is -1.33. The van der Waals surface area contributed by atoms with E-state index < -0.39 is 5.97 Å². The maximum Gasteiger partial charge on any atom is 0.335 e. The van der Waals surface area contributed by atoms with Gasteiger partial charge in [-0.2, -0.15) is 0 Å². The van der Waals surface area contributed by atoms with Crippen LogP contribution in [0.1, 0.15) is 21.5 Å². The van der Waals surface area contributed by atoms with E-state index in [1.807, 2.05) is 26.1 Å². The highest BCUT2D eigenvalue weighted by Crippen LogP contribution is 2.24. The monoisotopic (exact) mass is 339 g/mol. The predicted octanol–water partition coefficient (Wildman–Crippen LogP) is 4.15. The number of carbonyl (C=O) groups is 1. The molecule has 0 fully saturated rings. The van der Waals surface area contributed by atoms with Gasteiger partial charge < -0.3 is 10.0 Å². The average Bonchev–Trinajstić information content (AvgIpc) is 2.74. The second-order valence-corrected chi connectivity index (χ2v) is 6.71. The Labute approximate surface area is 124 Å². The van der Waals surface area contributed by atoms with Crippen LogP contribution in [0.5, 0.6) is 0 Å². The van der Waals surface area contributed by atoms with E-state index in [2.05, 4.69) is 32.3 Å². The predicted molar refractivity (Wildman–Crippen MR) is 82.3 cm³/mol. The quantitative estimate of drug-likeness (QED) is 0.909. The van der Waals surface area contributed by atoms with Crippen molar-refractivity contribution in [1.29, 1.82) is 0 Å². The van der Waals surface area contributed by atoms with Crippen molar-refractivity contribution in [3.05, 3.63) is 50.1 Å². The maximum absolute atomic E-state index is 11.0. The molecule has 1 aromatic heterocycles. The van der Waals surface area contributed by atoms with Crippen LogP contribution in [0.2, 0.25) is 0 Å². The fourth-order valence-electron chi connectivity index (χ4n) is 1.92. The van der Waals surface area contributed by atoms with Gasteiger partial charge in [0, 0.05) is 19.3 Å². The molecule has 2 aromatic rings. The van der Waals surface area contributed by atoms with Crippen LogP contribution in [0, 0.1) is 6.92 Å². The molecule has 0 aliphatic heterocycles. The number of hydrogen-bond donors (Lipinski definition) is 1. The zero-order valence-electron chi connectivity index (χ0n) is 10.7. The Morgan fingerprint density at radius 2 is 2.16 bits per heavy atom. The van der Waals surface area contributed by atoms with Crippen molar-refractivity contribution in [2.75, 3.05) is 11.9 Å². The van der Waals surface area contributed by atoms with Crippen molar-refractivity contribution in [3.8, 4) is 0 Å². The Morgan fingerprint density at radius 1 is 1.42 bits per heavy atom. The molecule has 3 nitrogen and oxygen atoms in total. The highest BCUT2D eigenvalue weighted by atomic mass is 79.9. The van der Waals surface area contributed by atoms with E-state index in [0.717, 1.165) is 21.6 Å². The molecule has 0 saturated carbocycles. The molecule has 1 aromatic carbocycles. The van der Waals surface area contributed by atoms with Gasteiger partial charge in [0.25, 0.3) is 0 Å². The first kappa shape index (κ1) is 14.1. The van der Waals surface area contributed by atoms with Gasteiger partial charge in [-0.3, -0.25) is 0 Å². The molecule has 0 spiro atoms. The first-order valence-electron chi connectivity index (χ1n) is 5.75. The van der Waals surface area contributed by atoms with Crippen LogP contribution in [0.4, 0.5) is 5.69 Å². The Kier molecular flexibility index (Phi) is 4.27. The van der Waals surface area contributed by atoms with Gasteiger partial charge in [0.1, 0.15) is 0 Å². The van der Waals surface area contributed by atoms with E-state index in [0.29, 0.717) is 5.56 Å². The summed E-state index contributed by atoms with van der Waals surface area (Å²) >= 11 is 5.11. The van der Waals surface area contributed by atoms with Crippen LogP contribution in [-0.4, -0.2) is 18.1 Å². The fourth-order valence-corrected chi connectivity index (χ4v) is 3.12. The number of hydrogen-bond acceptors (Lipinski definition) is 3. The highest BCUT2D eigenvalue weighted by Gasteiger charge is 2.10. The number of aromatic carboxylic acids is 1. The number of carboxylic acid groups (broad SMARTS) is 1. The largest absolute Gasteiger partial charge is 0.478 e. The molecule has 0 bridgehead atoms. The van der Waals surface area contributed by atoms with Crippen molar-refractivity contribution >= 4 is 38.9 Å². The summed E-state index contributed by atoms with van der Waals surface area (Å²) in [6, 6.07) is 7.51. The Bertz CT molecular complexity index is 609. The van der Waals surface area contributed by atoms with Crippen LogP contribution in [0.3, 0.4) is 0 Å². The molecule has 19 heavy (non-hydrogen) atoms. The van der Waals surface area contributed by atoms with Gasteiger partial charge in [-0.25, -0.2) is 4.79 Å². The van der Waals surface area contributed by atoms with Gasteiger partial charge in [-0.1, -0.05) is 0 Å². The molecule has 1 N–H and O–H groups in total. The van der Waals surface area contributed by atoms with E-state index in [4.69, 9.17) is 5.11 Å². The number of rotatable bonds is 4. The third-order valence-corrected chi connectivity index (χ3v) is 4.48. The van der Waals surface area contributed by atoms with Crippen LogP contribution in [0.15, 0.2) is 33.4 Å². The summed E-state index contributed by atoms with van der Waals surface area (Å²) in [4.78, 5) is 13.1. The molecule has 0 aliphatic carbocycles. The van der Waals surface area contributed by atoms with Crippen LogP contribution in [0.25, 0.3) is 0 Å². The maximum atomic E-state index is 11.0. The average molecular weight is 340 g/mol. The normalized spacial score (nSPS) is 10.5. The lowest BCUT2D eigenvalue weighted by Crippen LogP contribution is -2.16. The summed E-state index contributed by atoms with van der Waals surface area (Å²) in [5.74, 6) is -0.881. The Balaban J connectivity index is 2.17. The van der Waals surface area contributed by atoms with Gasteiger partial charge >= 0.3 is 5.97 Å². The third-order valence-electron chi connectivity index (χ3n) is 2.92. The number of anilines is 1. The van der Waals surface area contributed by atoms with Crippen molar-refractivity contribution in [2.45, 2.75) is 13.5 Å². The molecular formula is C14H14BrNO2S. The SMILES string of the molecule is Cc1cc(N(C)Cc2csc(Br)c2)ccc1C(=O)O. The summed E-state index contributed by atoms with van der Waals surface area (Å²) in [6.07, 6.45) is 0. The summed E-state index contributed by atoms with van der Waals surface area (Å²) in [5, 5.41) is 11.1. The van der Waals surface area contributed by atoms with Crippen LogP contribution >= 0.6 is 27.3 Å². The topological polar surface area (TPSA) is 40.5 Å². The third kappa shape index (κ3) is 3.36. The number of aryl methyl sites for hydroxylation is 1. The van der Waals surface area contributed by atoms with E-state index in [9.17, 15) is 4.79 Å². The molecule has 0 aliphatic rings. The van der Waals surface area contributed by atoms with Gasteiger partial charge in [0.15, 0.2) is 0 Å². The molecule has 0 amide bonds. The molecule has 100 valence electrons. The highest BCUT2D eigenvalue weighted by molar-refractivity contribution is 9.11. The molecule has 0 atom stereocenters.